The van der Waals surface area contributed by atoms with Gasteiger partial charge in [-0.25, -0.2) is 0 Å². The first-order valence-corrected chi connectivity index (χ1v) is 10.4. The molecule has 1 saturated heterocycles. The highest BCUT2D eigenvalue weighted by Crippen LogP contribution is 2.33. The number of anilines is 1. The van der Waals surface area contributed by atoms with E-state index in [4.69, 9.17) is 9.47 Å². The lowest BCUT2D eigenvalue weighted by Gasteiger charge is -2.38. The molecule has 0 radical (unpaired) electrons. The van der Waals surface area contributed by atoms with Crippen molar-refractivity contribution in [2.45, 2.75) is 19.9 Å². The third-order valence-corrected chi connectivity index (χ3v) is 5.82. The molecule has 2 aromatic carbocycles. The number of para-hydroxylation sites is 1. The molecule has 2 N–H and O–H groups in total. The van der Waals surface area contributed by atoms with Crippen LogP contribution >= 0.6 is 0 Å². The van der Waals surface area contributed by atoms with Crippen LogP contribution in [-0.4, -0.2) is 45.4 Å². The number of nitrogens with one attached hydrogen (secondary N) is 2. The Morgan fingerprint density at radius 3 is 2.52 bits per heavy atom. The van der Waals surface area contributed by atoms with Crippen molar-refractivity contribution in [3.05, 3.63) is 54.1 Å². The Balaban J connectivity index is 1.49. The lowest BCUT2D eigenvalue weighted by atomic mass is 10.0. The van der Waals surface area contributed by atoms with E-state index in [9.17, 15) is 4.79 Å². The van der Waals surface area contributed by atoms with Crippen molar-refractivity contribution in [3.63, 3.8) is 0 Å². The Morgan fingerprint density at radius 1 is 1.07 bits per heavy atom. The lowest BCUT2D eigenvalue weighted by molar-refractivity contribution is -0.931. The van der Waals surface area contributed by atoms with Gasteiger partial charge >= 0.3 is 0 Å². The van der Waals surface area contributed by atoms with Gasteiger partial charge in [-0.3, -0.25) is 4.79 Å². The molecule has 1 fully saturated rings. The van der Waals surface area contributed by atoms with Crippen molar-refractivity contribution < 1.29 is 19.2 Å². The standard InChI is InChI=1S/C23H29N3O3/c1-17(2)23(27)24-15-20(18-8-9-21-22(14-18)29-16-28-21)26-12-10-25(11-13-26)19-6-4-3-5-7-19/h3-9,14,17,20H,10-13,15-16H2,1-2H3,(H,24,27)/p+1/t20-/m0/s1. The van der Waals surface area contributed by atoms with Gasteiger partial charge in [-0.2, -0.15) is 0 Å². The van der Waals surface area contributed by atoms with Gasteiger partial charge in [-0.1, -0.05) is 32.0 Å². The molecule has 6 heteroatoms. The molecule has 0 saturated carbocycles. The van der Waals surface area contributed by atoms with Crippen LogP contribution in [0.15, 0.2) is 48.5 Å². The molecular formula is C23H30N3O3+. The van der Waals surface area contributed by atoms with Crippen molar-refractivity contribution in [1.29, 1.82) is 0 Å². The van der Waals surface area contributed by atoms with Crippen LogP contribution in [0, 0.1) is 5.92 Å². The third kappa shape index (κ3) is 4.48. The monoisotopic (exact) mass is 396 g/mol. The molecule has 1 atom stereocenters. The zero-order chi connectivity index (χ0) is 20.2. The number of carbonyl (C=O) groups is 1. The van der Waals surface area contributed by atoms with E-state index in [1.165, 1.54) is 16.2 Å². The molecule has 0 bridgehead atoms. The van der Waals surface area contributed by atoms with E-state index in [1.54, 1.807) is 0 Å². The predicted molar refractivity (Wildman–Crippen MR) is 113 cm³/mol. The molecule has 4 rings (SSSR count). The molecule has 0 spiro atoms. The van der Waals surface area contributed by atoms with Crippen LogP contribution in [0.4, 0.5) is 5.69 Å². The van der Waals surface area contributed by atoms with E-state index in [0.717, 1.165) is 37.7 Å². The second-order valence-electron chi connectivity index (χ2n) is 8.05. The van der Waals surface area contributed by atoms with Crippen molar-refractivity contribution >= 4 is 11.6 Å². The van der Waals surface area contributed by atoms with Gasteiger partial charge in [0.2, 0.25) is 12.7 Å². The lowest BCUT2D eigenvalue weighted by Crippen LogP contribution is -3.15. The maximum atomic E-state index is 12.2. The van der Waals surface area contributed by atoms with Gasteiger partial charge < -0.3 is 24.6 Å². The van der Waals surface area contributed by atoms with Gasteiger partial charge in [0.15, 0.2) is 11.5 Å². The van der Waals surface area contributed by atoms with Crippen molar-refractivity contribution in [1.82, 2.24) is 5.32 Å². The topological polar surface area (TPSA) is 55.2 Å². The zero-order valence-electron chi connectivity index (χ0n) is 17.2. The smallest absolute Gasteiger partial charge is 0.231 e. The molecular weight excluding hydrogens is 366 g/mol. The van der Waals surface area contributed by atoms with Crippen LogP contribution in [0.3, 0.4) is 0 Å². The largest absolute Gasteiger partial charge is 0.454 e. The first-order chi connectivity index (χ1) is 14.1. The van der Waals surface area contributed by atoms with E-state index in [0.29, 0.717) is 6.54 Å². The van der Waals surface area contributed by atoms with Gasteiger partial charge in [0, 0.05) is 17.2 Å². The van der Waals surface area contributed by atoms with Crippen LogP contribution in [-0.2, 0) is 4.79 Å². The quantitative estimate of drug-likeness (QED) is 0.780. The number of quaternary nitrogens is 1. The summed E-state index contributed by atoms with van der Waals surface area (Å²) in [5.41, 5.74) is 2.46. The number of hydrogen-bond donors (Lipinski definition) is 2. The Labute approximate surface area is 172 Å². The fraction of sp³-hybridized carbons (Fsp3) is 0.435. The SMILES string of the molecule is CC(C)C(=O)NC[C@@H](c1ccc2c(c1)OCO2)[NH+]1CCN(c2ccccc2)CC1. The summed E-state index contributed by atoms with van der Waals surface area (Å²) >= 11 is 0. The molecule has 2 aromatic rings. The summed E-state index contributed by atoms with van der Waals surface area (Å²) in [5.74, 6) is 1.67. The number of nitrogens with zero attached hydrogens (tertiary/aromatic N) is 1. The van der Waals surface area contributed by atoms with Crippen molar-refractivity contribution in [2.24, 2.45) is 5.92 Å². The van der Waals surface area contributed by atoms with E-state index in [1.807, 2.05) is 19.9 Å². The average molecular weight is 397 g/mol. The minimum absolute atomic E-state index is 0.0164. The van der Waals surface area contributed by atoms with Gasteiger partial charge in [0.25, 0.3) is 0 Å². The Morgan fingerprint density at radius 2 is 1.79 bits per heavy atom. The number of fused-ring (bicyclic) bond motifs is 1. The minimum atomic E-state index is -0.0164. The fourth-order valence-electron chi connectivity index (χ4n) is 4.07. The zero-order valence-corrected chi connectivity index (χ0v) is 17.2. The number of benzene rings is 2. The molecule has 2 heterocycles. The molecule has 1 amide bonds. The number of rotatable bonds is 6. The minimum Gasteiger partial charge on any atom is -0.454 e. The van der Waals surface area contributed by atoms with Gasteiger partial charge in [-0.05, 0) is 30.3 Å². The maximum absolute atomic E-state index is 12.2. The summed E-state index contributed by atoms with van der Waals surface area (Å²) in [6.45, 7) is 8.79. The Bertz CT molecular complexity index is 833. The Hall–Kier alpha value is -2.73. The third-order valence-electron chi connectivity index (χ3n) is 5.82. The molecule has 6 nitrogen and oxygen atoms in total. The molecule has 0 aliphatic carbocycles. The highest BCUT2D eigenvalue weighted by molar-refractivity contribution is 5.77. The number of hydrogen-bond acceptors (Lipinski definition) is 4. The summed E-state index contributed by atoms with van der Waals surface area (Å²) < 4.78 is 11.1. The number of piperazine rings is 1. The summed E-state index contributed by atoms with van der Waals surface area (Å²) in [7, 11) is 0. The highest BCUT2D eigenvalue weighted by atomic mass is 16.7. The highest BCUT2D eigenvalue weighted by Gasteiger charge is 2.30. The van der Waals surface area contributed by atoms with Crippen LogP contribution in [0.25, 0.3) is 0 Å². The number of amides is 1. The van der Waals surface area contributed by atoms with Crippen LogP contribution < -0.4 is 24.6 Å². The molecule has 2 aliphatic heterocycles. The van der Waals surface area contributed by atoms with E-state index in [-0.39, 0.29) is 24.7 Å². The molecule has 29 heavy (non-hydrogen) atoms. The molecule has 154 valence electrons. The number of ether oxygens (including phenoxy) is 2. The normalized spacial score (nSPS) is 17.4. The summed E-state index contributed by atoms with van der Waals surface area (Å²) in [4.78, 5) is 16.1. The molecule has 0 aromatic heterocycles. The second kappa shape index (κ2) is 8.74. The summed E-state index contributed by atoms with van der Waals surface area (Å²) in [6.07, 6.45) is 0. The van der Waals surface area contributed by atoms with Crippen molar-refractivity contribution in [2.75, 3.05) is 44.4 Å². The van der Waals surface area contributed by atoms with E-state index >= 15 is 0 Å². The predicted octanol–water partition coefficient (Wildman–Crippen LogP) is 1.63. The summed E-state index contributed by atoms with van der Waals surface area (Å²) in [6, 6.07) is 16.9. The first kappa shape index (κ1) is 19.6. The van der Waals surface area contributed by atoms with E-state index in [2.05, 4.69) is 52.7 Å². The summed E-state index contributed by atoms with van der Waals surface area (Å²) in [5, 5.41) is 3.14. The molecule has 0 unspecified atom stereocenters. The van der Waals surface area contributed by atoms with Gasteiger partial charge in [0.1, 0.15) is 6.04 Å². The second-order valence-corrected chi connectivity index (χ2v) is 8.05. The molecule has 2 aliphatic rings. The van der Waals surface area contributed by atoms with Gasteiger partial charge in [-0.15, -0.1) is 0 Å². The van der Waals surface area contributed by atoms with Crippen LogP contribution in [0.2, 0.25) is 0 Å². The van der Waals surface area contributed by atoms with Crippen molar-refractivity contribution in [3.8, 4) is 11.5 Å². The first-order valence-electron chi connectivity index (χ1n) is 10.4. The maximum Gasteiger partial charge on any atom is 0.231 e. The fourth-order valence-corrected chi connectivity index (χ4v) is 4.07. The van der Waals surface area contributed by atoms with E-state index < -0.39 is 0 Å². The number of carbonyl (C=O) groups excluding carboxylic acids is 1. The average Bonchev–Trinajstić information content (AvgIpc) is 3.23. The van der Waals surface area contributed by atoms with Crippen LogP contribution in [0.1, 0.15) is 25.5 Å². The van der Waals surface area contributed by atoms with Gasteiger partial charge in [0.05, 0.1) is 32.7 Å². The Kier molecular flexibility index (Phi) is 5.90. The van der Waals surface area contributed by atoms with Crippen LogP contribution in [0.5, 0.6) is 11.5 Å².